The fraction of sp³-hybridized carbons (Fsp3) is 0.556. The summed E-state index contributed by atoms with van der Waals surface area (Å²) in [6, 6.07) is 4.75. The molecule has 0 aromatic heterocycles. The van der Waals surface area contributed by atoms with Crippen molar-refractivity contribution in [2.24, 2.45) is 11.8 Å². The number of carbonyl (C=O) groups is 1. The van der Waals surface area contributed by atoms with E-state index in [4.69, 9.17) is 14.7 Å². The van der Waals surface area contributed by atoms with E-state index in [9.17, 15) is 23.1 Å². The number of anilines is 1. The molecule has 0 unspecified atom stereocenters. The van der Waals surface area contributed by atoms with E-state index in [-0.39, 0.29) is 18.2 Å². The Hall–Kier alpha value is -2.15. The molecular formula is C18H15F3N2O4. The van der Waals surface area contributed by atoms with Gasteiger partial charge in [-0.25, -0.2) is 0 Å². The Labute approximate surface area is 152 Å². The summed E-state index contributed by atoms with van der Waals surface area (Å²) in [5, 5.41) is 19.4. The van der Waals surface area contributed by atoms with Crippen LogP contribution in [0.5, 0.6) is 0 Å². The monoisotopic (exact) mass is 380 g/mol. The van der Waals surface area contributed by atoms with Gasteiger partial charge in [0.2, 0.25) is 5.91 Å². The van der Waals surface area contributed by atoms with Gasteiger partial charge >= 0.3 is 6.18 Å². The van der Waals surface area contributed by atoms with Gasteiger partial charge in [0.15, 0.2) is 0 Å². The van der Waals surface area contributed by atoms with Gasteiger partial charge in [0.05, 0.1) is 47.8 Å². The van der Waals surface area contributed by atoms with Crippen LogP contribution in [0.1, 0.15) is 24.0 Å². The summed E-state index contributed by atoms with van der Waals surface area (Å²) < 4.78 is 51.7. The molecule has 5 rings (SSSR count). The maximum atomic E-state index is 13.3. The second kappa shape index (κ2) is 5.22. The van der Waals surface area contributed by atoms with E-state index in [1.807, 2.05) is 0 Å². The number of nitriles is 1. The average molecular weight is 380 g/mol. The number of hydrogen-bond donors (Lipinski definition) is 1. The van der Waals surface area contributed by atoms with E-state index < -0.39 is 53.2 Å². The van der Waals surface area contributed by atoms with Crippen molar-refractivity contribution < 1.29 is 32.5 Å². The van der Waals surface area contributed by atoms with Crippen LogP contribution in [-0.2, 0) is 20.4 Å². The second-order valence-electron chi connectivity index (χ2n) is 7.47. The lowest BCUT2D eigenvalue weighted by Gasteiger charge is -2.43. The predicted octanol–water partition coefficient (Wildman–Crippen LogP) is 1.80. The zero-order chi connectivity index (χ0) is 19.1. The second-order valence-corrected chi connectivity index (χ2v) is 7.47. The maximum absolute atomic E-state index is 13.3. The van der Waals surface area contributed by atoms with Crippen LogP contribution >= 0.6 is 0 Å². The van der Waals surface area contributed by atoms with Gasteiger partial charge in [0.1, 0.15) is 11.8 Å². The van der Waals surface area contributed by atoms with Gasteiger partial charge in [-0.3, -0.25) is 9.69 Å². The van der Waals surface area contributed by atoms with Crippen molar-refractivity contribution in [1.82, 2.24) is 0 Å². The largest absolute Gasteiger partial charge is 0.417 e. The third-order valence-corrected chi connectivity index (χ3v) is 6.31. The Morgan fingerprint density at radius 2 is 2.15 bits per heavy atom. The van der Waals surface area contributed by atoms with Gasteiger partial charge in [-0.15, -0.1) is 0 Å². The highest BCUT2D eigenvalue weighted by molar-refractivity contribution is 5.99. The Morgan fingerprint density at radius 3 is 2.85 bits per heavy atom. The number of alkyl halides is 3. The molecule has 4 fully saturated rings. The highest BCUT2D eigenvalue weighted by atomic mass is 19.4. The van der Waals surface area contributed by atoms with Crippen LogP contribution < -0.4 is 4.90 Å². The smallest absolute Gasteiger partial charge is 0.390 e. The van der Waals surface area contributed by atoms with Gasteiger partial charge in [-0.05, 0) is 18.2 Å². The fourth-order valence-corrected chi connectivity index (χ4v) is 5.26. The normalized spacial score (nSPS) is 39.6. The number of fused-ring (bicyclic) bond motifs is 2. The molecule has 142 valence electrons. The molecule has 4 heterocycles. The molecule has 4 aliphatic rings. The molecule has 2 bridgehead atoms. The topological polar surface area (TPSA) is 82.8 Å². The minimum absolute atomic E-state index is 0.0386. The summed E-state index contributed by atoms with van der Waals surface area (Å²) >= 11 is 0. The van der Waals surface area contributed by atoms with E-state index in [1.165, 1.54) is 17.0 Å². The first-order chi connectivity index (χ1) is 12.8. The molecule has 6 nitrogen and oxygen atoms in total. The summed E-state index contributed by atoms with van der Waals surface area (Å²) in [5.74, 6) is -1.32. The van der Waals surface area contributed by atoms with Gasteiger partial charge in [0, 0.05) is 18.5 Å². The number of halogens is 3. The van der Waals surface area contributed by atoms with Crippen LogP contribution in [0, 0.1) is 23.2 Å². The van der Waals surface area contributed by atoms with E-state index >= 15 is 0 Å². The Bertz CT molecular complexity index is 882. The number of benzene rings is 1. The van der Waals surface area contributed by atoms with Crippen LogP contribution in [0.15, 0.2) is 18.2 Å². The summed E-state index contributed by atoms with van der Waals surface area (Å²) in [7, 11) is 0. The molecule has 4 saturated heterocycles. The van der Waals surface area contributed by atoms with Crippen molar-refractivity contribution in [3.8, 4) is 6.07 Å². The van der Waals surface area contributed by atoms with E-state index in [0.717, 1.165) is 12.1 Å². The first kappa shape index (κ1) is 17.0. The number of rotatable bonds is 1. The summed E-state index contributed by atoms with van der Waals surface area (Å²) in [4.78, 5) is 14.3. The number of ether oxygens (including phenoxy) is 2. The van der Waals surface area contributed by atoms with Gasteiger partial charge in [-0.2, -0.15) is 18.4 Å². The molecule has 1 aromatic carbocycles. The molecule has 4 aliphatic heterocycles. The molecular weight excluding hydrogens is 365 g/mol. The molecule has 0 radical (unpaired) electrons. The highest BCUT2D eigenvalue weighted by Crippen LogP contribution is 2.60. The van der Waals surface area contributed by atoms with Crippen molar-refractivity contribution in [2.75, 3.05) is 11.5 Å². The lowest BCUT2D eigenvalue weighted by Crippen LogP contribution is -2.56. The van der Waals surface area contributed by atoms with Gasteiger partial charge in [-0.1, -0.05) is 0 Å². The van der Waals surface area contributed by atoms with Crippen LogP contribution in [0.25, 0.3) is 0 Å². The molecule has 27 heavy (non-hydrogen) atoms. The highest BCUT2D eigenvalue weighted by Gasteiger charge is 2.74. The number of nitrogens with zero attached hydrogens (tertiary/aromatic N) is 2. The molecule has 1 spiro atoms. The SMILES string of the molecule is N#Cc1ccc(N2C(=O)[C@H]3[C@H]4[C@@H]2OCC[C@@]42O[C@H]3C[C@@H]2O)cc1C(F)(F)F. The van der Waals surface area contributed by atoms with Crippen molar-refractivity contribution in [3.05, 3.63) is 29.3 Å². The zero-order valence-electron chi connectivity index (χ0n) is 13.9. The number of amides is 1. The number of aliphatic hydroxyl groups is 1. The molecule has 6 atom stereocenters. The van der Waals surface area contributed by atoms with Crippen molar-refractivity contribution in [3.63, 3.8) is 0 Å². The van der Waals surface area contributed by atoms with E-state index in [2.05, 4.69) is 0 Å². The minimum atomic E-state index is -4.72. The van der Waals surface area contributed by atoms with Crippen LogP contribution in [0.4, 0.5) is 18.9 Å². The van der Waals surface area contributed by atoms with Crippen LogP contribution in [0.3, 0.4) is 0 Å². The van der Waals surface area contributed by atoms with E-state index in [1.54, 1.807) is 0 Å². The molecule has 1 amide bonds. The zero-order valence-corrected chi connectivity index (χ0v) is 13.9. The lowest BCUT2D eigenvalue weighted by atomic mass is 9.68. The lowest BCUT2D eigenvalue weighted by molar-refractivity contribution is -0.157. The number of carbonyl (C=O) groups excluding carboxylic acids is 1. The summed E-state index contributed by atoms with van der Waals surface area (Å²) in [6.07, 6.45) is -5.88. The first-order valence-corrected chi connectivity index (χ1v) is 8.70. The Kier molecular flexibility index (Phi) is 3.28. The van der Waals surface area contributed by atoms with Crippen molar-refractivity contribution in [2.45, 2.75) is 43.1 Å². The minimum Gasteiger partial charge on any atom is -0.390 e. The molecule has 0 aliphatic carbocycles. The van der Waals surface area contributed by atoms with Crippen molar-refractivity contribution in [1.29, 1.82) is 5.26 Å². The predicted molar refractivity (Wildman–Crippen MR) is 83.2 cm³/mol. The van der Waals surface area contributed by atoms with Crippen LogP contribution in [0.2, 0.25) is 0 Å². The number of aliphatic hydroxyl groups excluding tert-OH is 1. The maximum Gasteiger partial charge on any atom is 0.417 e. The average Bonchev–Trinajstić information content (AvgIpc) is 3.22. The van der Waals surface area contributed by atoms with E-state index in [0.29, 0.717) is 12.8 Å². The Balaban J connectivity index is 1.60. The molecule has 1 aromatic rings. The fourth-order valence-electron chi connectivity index (χ4n) is 5.26. The quantitative estimate of drug-likeness (QED) is 0.804. The van der Waals surface area contributed by atoms with Gasteiger partial charge in [0.25, 0.3) is 0 Å². The van der Waals surface area contributed by atoms with Gasteiger partial charge < -0.3 is 14.6 Å². The third-order valence-electron chi connectivity index (χ3n) is 6.31. The molecule has 9 heteroatoms. The van der Waals surface area contributed by atoms with Crippen molar-refractivity contribution >= 4 is 11.6 Å². The Morgan fingerprint density at radius 1 is 1.37 bits per heavy atom. The number of hydrogen-bond acceptors (Lipinski definition) is 5. The summed E-state index contributed by atoms with van der Waals surface area (Å²) in [6.45, 7) is 0.240. The molecule has 0 saturated carbocycles. The molecule has 1 N–H and O–H groups in total. The third kappa shape index (κ3) is 2.03. The summed E-state index contributed by atoms with van der Waals surface area (Å²) in [5.41, 5.74) is -2.42. The first-order valence-electron chi connectivity index (χ1n) is 8.70. The standard InChI is InChI=1S/C18H15F3N2O4/c19-18(20,21)10-5-9(2-1-8(10)7-22)23-15(25)13-11-6-12(24)17(27-11)3-4-26-16(23)14(13)17/h1-2,5,11-14,16,24H,3-4,6H2/t11-,12-,13+,14-,16-,17-/m0/s1. The van der Waals surface area contributed by atoms with Crippen LogP contribution in [-0.4, -0.2) is 41.7 Å².